The van der Waals surface area contributed by atoms with Gasteiger partial charge in [-0.1, -0.05) is 30.3 Å². The van der Waals surface area contributed by atoms with E-state index in [1.54, 1.807) is 0 Å². The zero-order valence-electron chi connectivity index (χ0n) is 10.8. The van der Waals surface area contributed by atoms with Crippen LogP contribution in [-0.4, -0.2) is 39.9 Å². The molecule has 1 aliphatic rings. The molecule has 2 rings (SSSR count). The lowest BCUT2D eigenvalue weighted by atomic mass is 9.96. The Labute approximate surface area is 115 Å². The summed E-state index contributed by atoms with van der Waals surface area (Å²) in [5.41, 5.74) is 1.34. The van der Waals surface area contributed by atoms with Gasteiger partial charge in [-0.2, -0.15) is 0 Å². The molecule has 0 heterocycles. The lowest BCUT2D eigenvalue weighted by molar-refractivity contribution is -0.118. The van der Waals surface area contributed by atoms with Gasteiger partial charge in [-0.3, -0.25) is 9.00 Å². The topological polar surface area (TPSA) is 66.4 Å². The van der Waals surface area contributed by atoms with Gasteiger partial charge in [0.2, 0.25) is 5.91 Å². The van der Waals surface area contributed by atoms with E-state index in [-0.39, 0.29) is 29.4 Å². The molecule has 0 aromatic heterocycles. The lowest BCUT2D eigenvalue weighted by Crippen LogP contribution is -2.35. The Morgan fingerprint density at radius 3 is 2.58 bits per heavy atom. The molecule has 104 valence electrons. The number of amides is 1. The molecule has 1 aromatic carbocycles. The zero-order valence-corrected chi connectivity index (χ0v) is 11.6. The second kappa shape index (κ2) is 6.30. The van der Waals surface area contributed by atoms with E-state index in [0.29, 0.717) is 6.54 Å². The minimum atomic E-state index is -1.26. The molecular formula is C14H19NO3S. The Kier molecular flexibility index (Phi) is 4.71. The smallest absolute Gasteiger partial charge is 0.232 e. The van der Waals surface area contributed by atoms with Gasteiger partial charge in [0, 0.05) is 28.5 Å². The van der Waals surface area contributed by atoms with Gasteiger partial charge in [0.1, 0.15) is 5.75 Å². The Balaban J connectivity index is 1.83. The first-order valence-electron chi connectivity index (χ1n) is 6.44. The van der Waals surface area contributed by atoms with E-state index in [4.69, 9.17) is 5.11 Å². The van der Waals surface area contributed by atoms with E-state index in [1.165, 1.54) is 5.56 Å². The first kappa shape index (κ1) is 14.2. The van der Waals surface area contributed by atoms with Gasteiger partial charge in [0.15, 0.2) is 0 Å². The van der Waals surface area contributed by atoms with Gasteiger partial charge < -0.3 is 10.4 Å². The normalized spacial score (nSPS) is 17.7. The van der Waals surface area contributed by atoms with Crippen LogP contribution in [-0.2, 0) is 21.0 Å². The molecule has 1 saturated carbocycles. The number of benzene rings is 1. The second-order valence-corrected chi connectivity index (χ2v) is 6.51. The third kappa shape index (κ3) is 3.88. The molecule has 0 bridgehead atoms. The molecule has 1 aliphatic carbocycles. The number of rotatable bonds is 7. The minimum absolute atomic E-state index is 0.0224. The molecule has 1 amide bonds. The molecule has 1 fully saturated rings. The average Bonchev–Trinajstić information content (AvgIpc) is 3.19. The summed E-state index contributed by atoms with van der Waals surface area (Å²) in [6.45, 7) is 0.458. The summed E-state index contributed by atoms with van der Waals surface area (Å²) in [7, 11) is -1.26. The highest BCUT2D eigenvalue weighted by atomic mass is 32.2. The third-order valence-corrected chi connectivity index (χ3v) is 4.70. The molecule has 0 radical (unpaired) electrons. The molecule has 1 aromatic rings. The van der Waals surface area contributed by atoms with Crippen molar-refractivity contribution in [1.29, 1.82) is 0 Å². The van der Waals surface area contributed by atoms with Crippen molar-refractivity contribution >= 4 is 16.7 Å². The maximum absolute atomic E-state index is 11.6. The largest absolute Gasteiger partial charge is 0.395 e. The maximum atomic E-state index is 11.6. The molecule has 0 aliphatic heterocycles. The van der Waals surface area contributed by atoms with Gasteiger partial charge in [0.25, 0.3) is 0 Å². The van der Waals surface area contributed by atoms with Gasteiger partial charge in [-0.25, -0.2) is 0 Å². The molecule has 5 heteroatoms. The number of hydrogen-bond donors (Lipinski definition) is 2. The Hall–Kier alpha value is -1.20. The van der Waals surface area contributed by atoms with Crippen LogP contribution in [0, 0.1) is 0 Å². The van der Waals surface area contributed by atoms with Gasteiger partial charge in [0.05, 0.1) is 6.61 Å². The zero-order chi connectivity index (χ0) is 13.7. The van der Waals surface area contributed by atoms with Crippen LogP contribution in [0.2, 0.25) is 0 Å². The van der Waals surface area contributed by atoms with E-state index in [0.717, 1.165) is 12.8 Å². The highest BCUT2D eigenvalue weighted by Crippen LogP contribution is 2.47. The van der Waals surface area contributed by atoms with Crippen molar-refractivity contribution in [2.75, 3.05) is 24.7 Å². The first-order chi connectivity index (χ1) is 9.16. The van der Waals surface area contributed by atoms with Gasteiger partial charge in [-0.15, -0.1) is 0 Å². The maximum Gasteiger partial charge on any atom is 0.232 e. The number of aliphatic hydroxyl groups is 1. The molecule has 0 saturated heterocycles. The number of carbonyl (C=O) groups excluding carboxylic acids is 1. The van der Waals surface area contributed by atoms with Crippen LogP contribution in [0.25, 0.3) is 0 Å². The van der Waals surface area contributed by atoms with E-state index in [9.17, 15) is 9.00 Å². The predicted octanol–water partition coefficient (Wildman–Crippen LogP) is 0.575. The quantitative estimate of drug-likeness (QED) is 0.768. The van der Waals surface area contributed by atoms with E-state index >= 15 is 0 Å². The van der Waals surface area contributed by atoms with Crippen molar-refractivity contribution in [1.82, 2.24) is 5.32 Å². The molecule has 19 heavy (non-hydrogen) atoms. The summed E-state index contributed by atoms with van der Waals surface area (Å²) >= 11 is 0. The van der Waals surface area contributed by atoms with Crippen LogP contribution >= 0.6 is 0 Å². The summed E-state index contributed by atoms with van der Waals surface area (Å²) in [6, 6.07) is 10.2. The van der Waals surface area contributed by atoms with E-state index < -0.39 is 10.8 Å². The second-order valence-electron chi connectivity index (χ2n) is 4.93. The summed E-state index contributed by atoms with van der Waals surface area (Å²) in [5, 5.41) is 11.5. The van der Waals surface area contributed by atoms with Crippen molar-refractivity contribution in [3.63, 3.8) is 0 Å². The van der Waals surface area contributed by atoms with Crippen LogP contribution < -0.4 is 5.32 Å². The fraction of sp³-hybridized carbons (Fsp3) is 0.500. The fourth-order valence-electron chi connectivity index (χ4n) is 2.15. The van der Waals surface area contributed by atoms with Gasteiger partial charge >= 0.3 is 0 Å². The summed E-state index contributed by atoms with van der Waals surface area (Å²) in [4.78, 5) is 11.6. The first-order valence-corrected chi connectivity index (χ1v) is 7.93. The number of hydrogen-bond acceptors (Lipinski definition) is 3. The molecule has 0 spiro atoms. The average molecular weight is 281 g/mol. The minimum Gasteiger partial charge on any atom is -0.395 e. The Morgan fingerprint density at radius 1 is 1.32 bits per heavy atom. The molecule has 1 unspecified atom stereocenters. The van der Waals surface area contributed by atoms with Crippen molar-refractivity contribution in [2.45, 2.75) is 18.3 Å². The fourth-order valence-corrected chi connectivity index (χ4v) is 2.89. The van der Waals surface area contributed by atoms with Gasteiger partial charge in [-0.05, 0) is 18.4 Å². The third-order valence-electron chi connectivity index (χ3n) is 3.47. The monoisotopic (exact) mass is 281 g/mol. The van der Waals surface area contributed by atoms with Crippen LogP contribution in [0.4, 0.5) is 0 Å². The van der Waals surface area contributed by atoms with Crippen LogP contribution in [0.3, 0.4) is 0 Å². The van der Waals surface area contributed by atoms with E-state index in [1.807, 2.05) is 18.2 Å². The molecular weight excluding hydrogens is 262 g/mol. The van der Waals surface area contributed by atoms with Crippen molar-refractivity contribution < 1.29 is 14.1 Å². The van der Waals surface area contributed by atoms with Crippen molar-refractivity contribution in [2.24, 2.45) is 0 Å². The highest BCUT2D eigenvalue weighted by molar-refractivity contribution is 7.85. The number of carbonyl (C=O) groups is 1. The van der Waals surface area contributed by atoms with Crippen LogP contribution in [0.1, 0.15) is 18.4 Å². The number of nitrogens with one attached hydrogen (secondary N) is 1. The summed E-state index contributed by atoms with van der Waals surface area (Å²) < 4.78 is 11.4. The van der Waals surface area contributed by atoms with E-state index in [2.05, 4.69) is 17.4 Å². The highest BCUT2D eigenvalue weighted by Gasteiger charge is 2.44. The molecule has 2 N–H and O–H groups in total. The standard InChI is InChI=1S/C14H19NO3S/c16-8-9-19(18)10-13(17)15-11-14(6-7-14)12-4-2-1-3-5-12/h1-5,16H,6-11H2,(H,15,17). The Morgan fingerprint density at radius 2 is 2.00 bits per heavy atom. The van der Waals surface area contributed by atoms with Crippen LogP contribution in [0.15, 0.2) is 30.3 Å². The van der Waals surface area contributed by atoms with Crippen molar-refractivity contribution in [3.05, 3.63) is 35.9 Å². The van der Waals surface area contributed by atoms with Crippen LogP contribution in [0.5, 0.6) is 0 Å². The van der Waals surface area contributed by atoms with Crippen molar-refractivity contribution in [3.8, 4) is 0 Å². The molecule has 1 atom stereocenters. The summed E-state index contributed by atoms with van der Waals surface area (Å²) in [5.74, 6) is -0.0585. The number of aliphatic hydroxyl groups excluding tert-OH is 1. The Bertz CT molecular complexity index is 457. The lowest BCUT2D eigenvalue weighted by Gasteiger charge is -2.16. The predicted molar refractivity (Wildman–Crippen MR) is 75.3 cm³/mol. The molecule has 4 nitrogen and oxygen atoms in total. The SMILES string of the molecule is O=C(CS(=O)CCO)NCC1(c2ccccc2)CC1. The summed E-state index contributed by atoms with van der Waals surface area (Å²) in [6.07, 6.45) is 2.16.